The lowest BCUT2D eigenvalue weighted by Gasteiger charge is -2.41. The Bertz CT molecular complexity index is 199. The lowest BCUT2D eigenvalue weighted by Crippen LogP contribution is -2.50. The van der Waals surface area contributed by atoms with Crippen LogP contribution in [-0.4, -0.2) is 37.1 Å². The van der Waals surface area contributed by atoms with Crippen molar-refractivity contribution in [1.29, 1.82) is 0 Å². The van der Waals surface area contributed by atoms with E-state index in [4.69, 9.17) is 4.74 Å². The summed E-state index contributed by atoms with van der Waals surface area (Å²) in [7, 11) is 0. The molecular weight excluding hydrogens is 178 g/mol. The van der Waals surface area contributed by atoms with Crippen molar-refractivity contribution in [3.05, 3.63) is 0 Å². The summed E-state index contributed by atoms with van der Waals surface area (Å²) in [6, 6.07) is 0. The molecule has 1 aliphatic rings. The number of ether oxygens (including phenoxy) is 1. The molecule has 0 aromatic carbocycles. The molecule has 0 atom stereocenters. The standard InChI is InChI=1S/C11H21NO2/c1-4-6-12(10(13)5-2)7-11(3)8-14-9-11/h4-9H2,1-3H3. The van der Waals surface area contributed by atoms with Gasteiger partial charge in [0.15, 0.2) is 0 Å². The fraction of sp³-hybridized carbons (Fsp3) is 0.909. The molecule has 1 aliphatic heterocycles. The molecule has 0 aromatic heterocycles. The average Bonchev–Trinajstić information content (AvgIpc) is 2.13. The Balaban J connectivity index is 2.45. The van der Waals surface area contributed by atoms with Gasteiger partial charge in [0.1, 0.15) is 0 Å². The van der Waals surface area contributed by atoms with E-state index in [0.717, 1.165) is 32.7 Å². The first-order chi connectivity index (χ1) is 6.61. The third-order valence-electron chi connectivity index (χ3n) is 2.62. The van der Waals surface area contributed by atoms with Crippen LogP contribution in [0.4, 0.5) is 0 Å². The second kappa shape index (κ2) is 4.78. The fourth-order valence-electron chi connectivity index (χ4n) is 1.79. The largest absolute Gasteiger partial charge is 0.380 e. The Hall–Kier alpha value is -0.570. The summed E-state index contributed by atoms with van der Waals surface area (Å²) in [5, 5.41) is 0. The Morgan fingerprint density at radius 3 is 2.43 bits per heavy atom. The third-order valence-corrected chi connectivity index (χ3v) is 2.62. The number of carbonyl (C=O) groups is 1. The summed E-state index contributed by atoms with van der Waals surface area (Å²) in [5.74, 6) is 0.264. The fourth-order valence-corrected chi connectivity index (χ4v) is 1.79. The molecule has 3 heteroatoms. The molecular formula is C11H21NO2. The van der Waals surface area contributed by atoms with E-state index < -0.39 is 0 Å². The van der Waals surface area contributed by atoms with Gasteiger partial charge in [-0.15, -0.1) is 0 Å². The Labute approximate surface area is 86.4 Å². The predicted molar refractivity (Wildman–Crippen MR) is 56.1 cm³/mol. The highest BCUT2D eigenvalue weighted by Gasteiger charge is 2.35. The molecule has 1 rings (SSSR count). The molecule has 82 valence electrons. The van der Waals surface area contributed by atoms with Gasteiger partial charge in [0.05, 0.1) is 13.2 Å². The molecule has 14 heavy (non-hydrogen) atoms. The molecule has 0 aromatic rings. The van der Waals surface area contributed by atoms with Gasteiger partial charge in [-0.05, 0) is 6.42 Å². The quantitative estimate of drug-likeness (QED) is 0.674. The molecule has 1 fully saturated rings. The van der Waals surface area contributed by atoms with Gasteiger partial charge in [0, 0.05) is 24.9 Å². The van der Waals surface area contributed by atoms with E-state index in [2.05, 4.69) is 13.8 Å². The average molecular weight is 199 g/mol. The van der Waals surface area contributed by atoms with Crippen LogP contribution >= 0.6 is 0 Å². The minimum Gasteiger partial charge on any atom is -0.380 e. The number of carbonyl (C=O) groups excluding carboxylic acids is 1. The van der Waals surface area contributed by atoms with Gasteiger partial charge in [-0.25, -0.2) is 0 Å². The highest BCUT2D eigenvalue weighted by Crippen LogP contribution is 2.27. The van der Waals surface area contributed by atoms with Crippen LogP contribution < -0.4 is 0 Å². The van der Waals surface area contributed by atoms with Crippen LogP contribution in [0, 0.1) is 5.41 Å². The van der Waals surface area contributed by atoms with Crippen molar-refractivity contribution in [3.63, 3.8) is 0 Å². The lowest BCUT2D eigenvalue weighted by atomic mass is 9.88. The van der Waals surface area contributed by atoms with Gasteiger partial charge in [-0.1, -0.05) is 20.8 Å². The Morgan fingerprint density at radius 1 is 1.43 bits per heavy atom. The Morgan fingerprint density at radius 2 is 2.07 bits per heavy atom. The summed E-state index contributed by atoms with van der Waals surface area (Å²) in [4.78, 5) is 13.6. The SMILES string of the molecule is CCCN(CC1(C)COC1)C(=O)CC. The summed E-state index contributed by atoms with van der Waals surface area (Å²) in [6.07, 6.45) is 1.64. The molecule has 0 radical (unpaired) electrons. The molecule has 1 amide bonds. The normalized spacial score (nSPS) is 18.8. The molecule has 0 spiro atoms. The topological polar surface area (TPSA) is 29.5 Å². The van der Waals surface area contributed by atoms with Crippen molar-refractivity contribution >= 4 is 5.91 Å². The van der Waals surface area contributed by atoms with Crippen molar-refractivity contribution in [2.75, 3.05) is 26.3 Å². The van der Waals surface area contributed by atoms with Crippen molar-refractivity contribution in [3.8, 4) is 0 Å². The van der Waals surface area contributed by atoms with E-state index in [1.807, 2.05) is 11.8 Å². The summed E-state index contributed by atoms with van der Waals surface area (Å²) in [6.45, 7) is 9.53. The van der Waals surface area contributed by atoms with Crippen molar-refractivity contribution < 1.29 is 9.53 Å². The second-order valence-corrected chi connectivity index (χ2v) is 4.47. The lowest BCUT2D eigenvalue weighted by molar-refractivity contribution is -0.144. The smallest absolute Gasteiger partial charge is 0.222 e. The second-order valence-electron chi connectivity index (χ2n) is 4.47. The minimum atomic E-state index is 0.208. The summed E-state index contributed by atoms with van der Waals surface area (Å²) in [5.41, 5.74) is 0.208. The van der Waals surface area contributed by atoms with E-state index in [1.54, 1.807) is 0 Å². The number of nitrogens with zero attached hydrogens (tertiary/aromatic N) is 1. The maximum Gasteiger partial charge on any atom is 0.222 e. The highest BCUT2D eigenvalue weighted by atomic mass is 16.5. The summed E-state index contributed by atoms with van der Waals surface area (Å²) >= 11 is 0. The van der Waals surface area contributed by atoms with Crippen molar-refractivity contribution in [2.45, 2.75) is 33.6 Å². The third kappa shape index (κ3) is 2.71. The van der Waals surface area contributed by atoms with Crippen LogP contribution in [0.2, 0.25) is 0 Å². The molecule has 0 bridgehead atoms. The van der Waals surface area contributed by atoms with Crippen molar-refractivity contribution in [1.82, 2.24) is 4.90 Å². The van der Waals surface area contributed by atoms with E-state index in [-0.39, 0.29) is 11.3 Å². The van der Waals surface area contributed by atoms with Crippen LogP contribution in [-0.2, 0) is 9.53 Å². The molecule has 0 N–H and O–H groups in total. The van der Waals surface area contributed by atoms with E-state index in [1.165, 1.54) is 0 Å². The zero-order valence-electron chi connectivity index (χ0n) is 9.51. The molecule has 0 unspecified atom stereocenters. The van der Waals surface area contributed by atoms with Crippen LogP contribution in [0.25, 0.3) is 0 Å². The zero-order valence-corrected chi connectivity index (χ0v) is 9.51. The van der Waals surface area contributed by atoms with E-state index in [0.29, 0.717) is 6.42 Å². The minimum absolute atomic E-state index is 0.208. The maximum absolute atomic E-state index is 11.6. The Kier molecular flexibility index (Phi) is 3.93. The van der Waals surface area contributed by atoms with Crippen LogP contribution in [0.5, 0.6) is 0 Å². The van der Waals surface area contributed by atoms with Gasteiger partial charge < -0.3 is 9.64 Å². The maximum atomic E-state index is 11.6. The molecule has 3 nitrogen and oxygen atoms in total. The number of hydrogen-bond acceptors (Lipinski definition) is 2. The monoisotopic (exact) mass is 199 g/mol. The number of rotatable bonds is 5. The van der Waals surface area contributed by atoms with E-state index >= 15 is 0 Å². The van der Waals surface area contributed by atoms with Crippen LogP contribution in [0.15, 0.2) is 0 Å². The molecule has 0 aliphatic carbocycles. The molecule has 1 heterocycles. The van der Waals surface area contributed by atoms with Gasteiger partial charge in [0.2, 0.25) is 5.91 Å². The number of hydrogen-bond donors (Lipinski definition) is 0. The summed E-state index contributed by atoms with van der Waals surface area (Å²) < 4.78 is 5.19. The first kappa shape index (κ1) is 11.5. The van der Waals surface area contributed by atoms with Crippen molar-refractivity contribution in [2.24, 2.45) is 5.41 Å². The van der Waals surface area contributed by atoms with Gasteiger partial charge >= 0.3 is 0 Å². The molecule has 1 saturated heterocycles. The molecule has 0 saturated carbocycles. The van der Waals surface area contributed by atoms with Crippen LogP contribution in [0.3, 0.4) is 0 Å². The zero-order chi connectivity index (χ0) is 10.6. The van der Waals surface area contributed by atoms with Gasteiger partial charge in [-0.3, -0.25) is 4.79 Å². The first-order valence-electron chi connectivity index (χ1n) is 5.47. The van der Waals surface area contributed by atoms with Gasteiger partial charge in [-0.2, -0.15) is 0 Å². The van der Waals surface area contributed by atoms with Gasteiger partial charge in [0.25, 0.3) is 0 Å². The highest BCUT2D eigenvalue weighted by molar-refractivity contribution is 5.75. The number of amides is 1. The predicted octanol–water partition coefficient (Wildman–Crippen LogP) is 1.67. The van der Waals surface area contributed by atoms with E-state index in [9.17, 15) is 4.79 Å². The first-order valence-corrected chi connectivity index (χ1v) is 5.47. The van der Waals surface area contributed by atoms with Crippen LogP contribution in [0.1, 0.15) is 33.6 Å².